The number of hydrogen-bond acceptors (Lipinski definition) is 4. The van der Waals surface area contributed by atoms with Gasteiger partial charge in [-0.3, -0.25) is 0 Å². The predicted molar refractivity (Wildman–Crippen MR) is 52.7 cm³/mol. The van der Waals surface area contributed by atoms with Gasteiger partial charge in [-0.1, -0.05) is 0 Å². The molecule has 5 nitrogen and oxygen atoms in total. The Morgan fingerprint density at radius 2 is 2.14 bits per heavy atom. The minimum Gasteiger partial charge on any atom is -0.307 e. The molecule has 0 aromatic carbocycles. The molecule has 0 aliphatic heterocycles. The van der Waals surface area contributed by atoms with Gasteiger partial charge >= 0.3 is 0 Å². The van der Waals surface area contributed by atoms with Crippen LogP contribution in [0.1, 0.15) is 39.4 Å². The molecule has 1 aromatic rings. The van der Waals surface area contributed by atoms with Crippen molar-refractivity contribution < 1.29 is 0 Å². The van der Waals surface area contributed by atoms with Gasteiger partial charge in [-0.05, 0) is 44.0 Å². The van der Waals surface area contributed by atoms with Crippen molar-refractivity contribution in [3.63, 3.8) is 0 Å². The fourth-order valence-electron chi connectivity index (χ4n) is 1.36. The van der Waals surface area contributed by atoms with Gasteiger partial charge in [-0.15, -0.1) is 5.10 Å². The van der Waals surface area contributed by atoms with E-state index in [1.54, 1.807) is 0 Å². The molecule has 0 bridgehead atoms. The zero-order valence-corrected chi connectivity index (χ0v) is 8.99. The standard InChI is InChI=1S/C9H17N5/c1-9(2,3)14-8(11-12-13-14)6-10-7-4-5-7/h7,10H,4-6H2,1-3H3. The molecule has 0 spiro atoms. The molecule has 1 fully saturated rings. The highest BCUT2D eigenvalue weighted by molar-refractivity contribution is 4.89. The molecule has 1 aromatic heterocycles. The third kappa shape index (κ3) is 2.09. The molecule has 78 valence electrons. The normalized spacial score (nSPS) is 17.4. The molecule has 0 saturated heterocycles. The second kappa shape index (κ2) is 3.31. The maximum absolute atomic E-state index is 4.02. The summed E-state index contributed by atoms with van der Waals surface area (Å²) in [5.41, 5.74) is -0.0376. The predicted octanol–water partition coefficient (Wildman–Crippen LogP) is 0.680. The van der Waals surface area contributed by atoms with Crippen LogP contribution in [-0.4, -0.2) is 26.2 Å². The van der Waals surface area contributed by atoms with Crippen molar-refractivity contribution in [3.8, 4) is 0 Å². The van der Waals surface area contributed by atoms with Crippen molar-refractivity contribution in [2.75, 3.05) is 0 Å². The van der Waals surface area contributed by atoms with Gasteiger partial charge in [0.05, 0.1) is 12.1 Å². The minimum absolute atomic E-state index is 0.0376. The van der Waals surface area contributed by atoms with E-state index in [2.05, 4.69) is 41.6 Å². The lowest BCUT2D eigenvalue weighted by molar-refractivity contribution is 0.331. The van der Waals surface area contributed by atoms with Crippen molar-refractivity contribution in [1.82, 2.24) is 25.5 Å². The van der Waals surface area contributed by atoms with E-state index in [0.29, 0.717) is 6.04 Å². The van der Waals surface area contributed by atoms with Gasteiger partial charge in [0.1, 0.15) is 0 Å². The monoisotopic (exact) mass is 195 g/mol. The first-order valence-electron chi connectivity index (χ1n) is 5.08. The molecule has 1 aliphatic rings. The summed E-state index contributed by atoms with van der Waals surface area (Å²) in [6, 6.07) is 0.695. The average Bonchev–Trinajstić information content (AvgIpc) is 2.77. The van der Waals surface area contributed by atoms with Crippen LogP contribution in [0.2, 0.25) is 0 Å². The van der Waals surface area contributed by atoms with Crippen LogP contribution in [0.5, 0.6) is 0 Å². The molecule has 0 radical (unpaired) electrons. The molecule has 2 rings (SSSR count). The third-order valence-electron chi connectivity index (χ3n) is 2.30. The van der Waals surface area contributed by atoms with Gasteiger partial charge < -0.3 is 5.32 Å². The summed E-state index contributed by atoms with van der Waals surface area (Å²) in [5, 5.41) is 15.1. The van der Waals surface area contributed by atoms with E-state index < -0.39 is 0 Å². The number of rotatable bonds is 3. The highest BCUT2D eigenvalue weighted by Crippen LogP contribution is 2.19. The smallest absolute Gasteiger partial charge is 0.165 e. The van der Waals surface area contributed by atoms with Crippen molar-refractivity contribution in [2.45, 2.75) is 51.7 Å². The van der Waals surface area contributed by atoms with E-state index in [1.165, 1.54) is 12.8 Å². The molecule has 1 aliphatic carbocycles. The maximum Gasteiger partial charge on any atom is 0.165 e. The lowest BCUT2D eigenvalue weighted by atomic mass is 10.1. The number of aromatic nitrogens is 4. The van der Waals surface area contributed by atoms with E-state index in [4.69, 9.17) is 0 Å². The molecule has 0 atom stereocenters. The Morgan fingerprint density at radius 3 is 2.71 bits per heavy atom. The van der Waals surface area contributed by atoms with Gasteiger partial charge in [-0.2, -0.15) is 0 Å². The van der Waals surface area contributed by atoms with Crippen LogP contribution in [-0.2, 0) is 12.1 Å². The van der Waals surface area contributed by atoms with Crippen molar-refractivity contribution in [3.05, 3.63) is 5.82 Å². The van der Waals surface area contributed by atoms with Crippen molar-refractivity contribution >= 4 is 0 Å². The van der Waals surface area contributed by atoms with E-state index in [1.807, 2.05) is 4.68 Å². The van der Waals surface area contributed by atoms with Gasteiger partial charge in [0.15, 0.2) is 5.82 Å². The summed E-state index contributed by atoms with van der Waals surface area (Å²) in [7, 11) is 0. The second-order valence-electron chi connectivity index (χ2n) is 4.83. The fraction of sp³-hybridized carbons (Fsp3) is 0.889. The lowest BCUT2D eigenvalue weighted by Crippen LogP contribution is -2.28. The summed E-state index contributed by atoms with van der Waals surface area (Å²) >= 11 is 0. The van der Waals surface area contributed by atoms with Crippen LogP contribution in [0.25, 0.3) is 0 Å². The Bertz CT molecular complexity index is 307. The van der Waals surface area contributed by atoms with Gasteiger partial charge in [0.2, 0.25) is 0 Å². The molecule has 0 unspecified atom stereocenters. The highest BCUT2D eigenvalue weighted by Gasteiger charge is 2.23. The summed E-state index contributed by atoms with van der Waals surface area (Å²) in [6.45, 7) is 7.08. The van der Waals surface area contributed by atoms with Crippen LogP contribution >= 0.6 is 0 Å². The molecule has 1 heterocycles. The Kier molecular flexibility index (Phi) is 2.26. The van der Waals surface area contributed by atoms with E-state index in [-0.39, 0.29) is 5.54 Å². The second-order valence-corrected chi connectivity index (χ2v) is 4.83. The molecular formula is C9H17N5. The van der Waals surface area contributed by atoms with Crippen LogP contribution in [0.3, 0.4) is 0 Å². The van der Waals surface area contributed by atoms with Crippen LogP contribution in [0.15, 0.2) is 0 Å². The lowest BCUT2D eigenvalue weighted by Gasteiger charge is -2.19. The first-order valence-corrected chi connectivity index (χ1v) is 5.08. The van der Waals surface area contributed by atoms with Gasteiger partial charge in [0.25, 0.3) is 0 Å². The summed E-state index contributed by atoms with van der Waals surface area (Å²) in [4.78, 5) is 0. The van der Waals surface area contributed by atoms with E-state index in [0.717, 1.165) is 12.4 Å². The SMILES string of the molecule is CC(C)(C)n1nnnc1CNC1CC1. The Hall–Kier alpha value is -0.970. The number of nitrogens with zero attached hydrogens (tertiary/aromatic N) is 4. The summed E-state index contributed by atoms with van der Waals surface area (Å²) in [6.07, 6.45) is 2.58. The Balaban J connectivity index is 2.04. The summed E-state index contributed by atoms with van der Waals surface area (Å²) < 4.78 is 1.88. The third-order valence-corrected chi connectivity index (χ3v) is 2.30. The first kappa shape index (κ1) is 9.58. The first-order chi connectivity index (χ1) is 6.57. The zero-order valence-electron chi connectivity index (χ0n) is 8.99. The summed E-state index contributed by atoms with van der Waals surface area (Å²) in [5.74, 6) is 0.921. The molecule has 1 N–H and O–H groups in total. The topological polar surface area (TPSA) is 55.6 Å². The zero-order chi connectivity index (χ0) is 10.2. The largest absolute Gasteiger partial charge is 0.307 e. The quantitative estimate of drug-likeness (QED) is 0.770. The number of tetrazole rings is 1. The average molecular weight is 195 g/mol. The van der Waals surface area contributed by atoms with E-state index >= 15 is 0 Å². The molecule has 1 saturated carbocycles. The molecular weight excluding hydrogens is 178 g/mol. The minimum atomic E-state index is -0.0376. The highest BCUT2D eigenvalue weighted by atomic mass is 15.6. The van der Waals surface area contributed by atoms with Crippen molar-refractivity contribution in [1.29, 1.82) is 0 Å². The Morgan fingerprint density at radius 1 is 1.43 bits per heavy atom. The van der Waals surface area contributed by atoms with Gasteiger partial charge in [-0.25, -0.2) is 4.68 Å². The molecule has 5 heteroatoms. The maximum atomic E-state index is 4.02. The Labute approximate surface area is 83.9 Å². The van der Waals surface area contributed by atoms with Gasteiger partial charge in [0, 0.05) is 6.04 Å². The fourth-order valence-corrected chi connectivity index (χ4v) is 1.36. The molecule has 14 heavy (non-hydrogen) atoms. The van der Waals surface area contributed by atoms with Crippen LogP contribution in [0, 0.1) is 0 Å². The van der Waals surface area contributed by atoms with Crippen LogP contribution < -0.4 is 5.32 Å². The number of nitrogens with one attached hydrogen (secondary N) is 1. The number of hydrogen-bond donors (Lipinski definition) is 1. The molecule has 0 amide bonds. The van der Waals surface area contributed by atoms with Crippen molar-refractivity contribution in [2.24, 2.45) is 0 Å². The van der Waals surface area contributed by atoms with Crippen LogP contribution in [0.4, 0.5) is 0 Å². The van der Waals surface area contributed by atoms with E-state index in [9.17, 15) is 0 Å².